The molecule has 0 heterocycles. The van der Waals surface area contributed by atoms with Crippen LogP contribution in [-0.4, -0.2) is 0 Å². The summed E-state index contributed by atoms with van der Waals surface area (Å²) in [5.41, 5.74) is 8.62. The fourth-order valence-electron chi connectivity index (χ4n) is 3.62. The molecule has 0 atom stereocenters. The van der Waals surface area contributed by atoms with Crippen molar-refractivity contribution in [1.82, 2.24) is 5.32 Å². The standard InChI is InChI=1S/C24H25N/c1-2-4-22(5-3-1)17-25-18-24-16-21-11-10-19-6-8-20(9-7-19)12-14-23(24)15-13-21/h1-9,13,15-16,25H,10-12,14,17-18H2. The van der Waals surface area contributed by atoms with E-state index < -0.39 is 0 Å². The molecule has 0 saturated heterocycles. The average molecular weight is 327 g/mol. The molecular weight excluding hydrogens is 302 g/mol. The maximum atomic E-state index is 3.63. The second kappa shape index (κ2) is 7.67. The van der Waals surface area contributed by atoms with E-state index in [4.69, 9.17) is 0 Å². The van der Waals surface area contributed by atoms with E-state index in [-0.39, 0.29) is 0 Å². The van der Waals surface area contributed by atoms with Gasteiger partial charge >= 0.3 is 0 Å². The Kier molecular flexibility index (Phi) is 4.94. The Morgan fingerprint density at radius 1 is 0.600 bits per heavy atom. The monoisotopic (exact) mass is 327 g/mol. The molecule has 0 saturated carbocycles. The van der Waals surface area contributed by atoms with Crippen LogP contribution in [-0.2, 0) is 38.8 Å². The van der Waals surface area contributed by atoms with Gasteiger partial charge in [-0.05, 0) is 59.1 Å². The molecule has 0 fully saturated rings. The Labute approximate surface area is 150 Å². The van der Waals surface area contributed by atoms with Crippen LogP contribution in [0.25, 0.3) is 0 Å². The molecule has 1 heteroatoms. The molecule has 0 aliphatic heterocycles. The van der Waals surface area contributed by atoms with Crippen molar-refractivity contribution in [3.05, 3.63) is 106 Å². The number of aryl methyl sites for hydroxylation is 4. The molecule has 4 aliphatic carbocycles. The molecule has 0 unspecified atom stereocenters. The van der Waals surface area contributed by atoms with Gasteiger partial charge in [-0.2, -0.15) is 0 Å². The van der Waals surface area contributed by atoms with Crippen LogP contribution >= 0.6 is 0 Å². The zero-order valence-corrected chi connectivity index (χ0v) is 14.7. The van der Waals surface area contributed by atoms with Gasteiger partial charge in [0.15, 0.2) is 0 Å². The summed E-state index contributed by atoms with van der Waals surface area (Å²) in [7, 11) is 0. The SMILES string of the molecule is c1ccc(CNCc2cc3ccc2CCc2ccc(cc2)CC3)cc1. The Balaban J connectivity index is 1.50. The predicted octanol–water partition coefficient (Wildman–Crippen LogP) is 4.86. The summed E-state index contributed by atoms with van der Waals surface area (Å²) in [5.74, 6) is 0. The minimum absolute atomic E-state index is 0.922. The van der Waals surface area contributed by atoms with Gasteiger partial charge in [0.05, 0.1) is 0 Å². The summed E-state index contributed by atoms with van der Waals surface area (Å²) in [4.78, 5) is 0. The third-order valence-electron chi connectivity index (χ3n) is 5.17. The van der Waals surface area contributed by atoms with Crippen LogP contribution < -0.4 is 5.32 Å². The van der Waals surface area contributed by atoms with E-state index in [0.717, 1.165) is 38.8 Å². The van der Waals surface area contributed by atoms with Gasteiger partial charge in [-0.3, -0.25) is 0 Å². The van der Waals surface area contributed by atoms with Crippen molar-refractivity contribution >= 4 is 0 Å². The van der Waals surface area contributed by atoms with Crippen molar-refractivity contribution in [2.75, 3.05) is 0 Å². The zero-order chi connectivity index (χ0) is 16.9. The average Bonchev–Trinajstić information content (AvgIpc) is 2.65. The fourth-order valence-corrected chi connectivity index (χ4v) is 3.62. The Morgan fingerprint density at radius 2 is 1.24 bits per heavy atom. The molecule has 0 amide bonds. The van der Waals surface area contributed by atoms with Gasteiger partial charge in [-0.15, -0.1) is 0 Å². The Bertz CT molecular complexity index is 818. The lowest BCUT2D eigenvalue weighted by Crippen LogP contribution is -2.15. The number of nitrogens with one attached hydrogen (secondary N) is 1. The van der Waals surface area contributed by atoms with E-state index in [2.05, 4.69) is 78.1 Å². The third-order valence-corrected chi connectivity index (χ3v) is 5.17. The molecule has 4 bridgehead atoms. The van der Waals surface area contributed by atoms with Crippen LogP contribution in [0.5, 0.6) is 0 Å². The normalized spacial score (nSPS) is 13.4. The van der Waals surface area contributed by atoms with Crippen molar-refractivity contribution in [3.8, 4) is 0 Å². The highest BCUT2D eigenvalue weighted by molar-refractivity contribution is 5.35. The lowest BCUT2D eigenvalue weighted by Gasteiger charge is -2.15. The summed E-state index contributed by atoms with van der Waals surface area (Å²) < 4.78 is 0. The van der Waals surface area contributed by atoms with Crippen molar-refractivity contribution in [2.45, 2.75) is 38.8 Å². The quantitative estimate of drug-likeness (QED) is 0.721. The van der Waals surface area contributed by atoms with Gasteiger partial charge in [0, 0.05) is 13.1 Å². The van der Waals surface area contributed by atoms with Crippen LogP contribution in [0, 0.1) is 0 Å². The van der Waals surface area contributed by atoms with E-state index in [1.54, 1.807) is 0 Å². The molecule has 3 aromatic carbocycles. The maximum Gasteiger partial charge on any atom is 0.0211 e. The molecular formula is C24H25N. The molecule has 0 radical (unpaired) electrons. The van der Waals surface area contributed by atoms with E-state index in [9.17, 15) is 0 Å². The predicted molar refractivity (Wildman–Crippen MR) is 105 cm³/mol. The van der Waals surface area contributed by atoms with Gasteiger partial charge in [0.1, 0.15) is 0 Å². The van der Waals surface area contributed by atoms with E-state index in [1.807, 2.05) is 0 Å². The van der Waals surface area contributed by atoms with Crippen molar-refractivity contribution < 1.29 is 0 Å². The Morgan fingerprint density at radius 3 is 2.00 bits per heavy atom. The van der Waals surface area contributed by atoms with Crippen molar-refractivity contribution in [1.29, 1.82) is 0 Å². The first-order chi connectivity index (χ1) is 12.4. The number of hydrogen-bond acceptors (Lipinski definition) is 1. The molecule has 126 valence electrons. The number of rotatable bonds is 4. The number of benzene rings is 3. The van der Waals surface area contributed by atoms with Crippen LogP contribution in [0.15, 0.2) is 72.8 Å². The molecule has 25 heavy (non-hydrogen) atoms. The van der Waals surface area contributed by atoms with Crippen LogP contribution in [0.2, 0.25) is 0 Å². The summed E-state index contributed by atoms with van der Waals surface area (Å²) >= 11 is 0. The molecule has 1 N–H and O–H groups in total. The smallest absolute Gasteiger partial charge is 0.0211 e. The molecule has 7 rings (SSSR count). The first-order valence-electron chi connectivity index (χ1n) is 9.30. The van der Waals surface area contributed by atoms with Gasteiger partial charge < -0.3 is 5.32 Å². The number of hydrogen-bond donors (Lipinski definition) is 1. The molecule has 3 aromatic rings. The lowest BCUT2D eigenvalue weighted by molar-refractivity contribution is 0.685. The van der Waals surface area contributed by atoms with Crippen molar-refractivity contribution in [2.24, 2.45) is 0 Å². The van der Waals surface area contributed by atoms with Crippen LogP contribution in [0.3, 0.4) is 0 Å². The zero-order valence-electron chi connectivity index (χ0n) is 14.7. The molecule has 4 aliphatic rings. The Hall–Kier alpha value is -2.38. The van der Waals surface area contributed by atoms with Gasteiger partial charge in [0.2, 0.25) is 0 Å². The summed E-state index contributed by atoms with van der Waals surface area (Å²) in [6.45, 7) is 1.86. The van der Waals surface area contributed by atoms with E-state index >= 15 is 0 Å². The minimum atomic E-state index is 0.922. The van der Waals surface area contributed by atoms with Crippen LogP contribution in [0.4, 0.5) is 0 Å². The molecule has 0 spiro atoms. The second-order valence-corrected chi connectivity index (χ2v) is 7.01. The second-order valence-electron chi connectivity index (χ2n) is 7.01. The summed E-state index contributed by atoms with van der Waals surface area (Å²) in [5, 5.41) is 3.63. The molecule has 1 nitrogen and oxygen atoms in total. The van der Waals surface area contributed by atoms with Gasteiger partial charge in [-0.25, -0.2) is 0 Å². The van der Waals surface area contributed by atoms with Gasteiger partial charge in [0.25, 0.3) is 0 Å². The van der Waals surface area contributed by atoms with Gasteiger partial charge in [-0.1, -0.05) is 72.8 Å². The van der Waals surface area contributed by atoms with E-state index in [0.29, 0.717) is 0 Å². The van der Waals surface area contributed by atoms with Crippen molar-refractivity contribution in [3.63, 3.8) is 0 Å². The fraction of sp³-hybridized carbons (Fsp3) is 0.250. The minimum Gasteiger partial charge on any atom is -0.309 e. The first-order valence-corrected chi connectivity index (χ1v) is 9.30. The summed E-state index contributed by atoms with van der Waals surface area (Å²) in [6.07, 6.45) is 4.47. The highest BCUT2D eigenvalue weighted by Crippen LogP contribution is 2.19. The maximum absolute atomic E-state index is 3.63. The first kappa shape index (κ1) is 16.1. The van der Waals surface area contributed by atoms with Crippen LogP contribution in [0.1, 0.15) is 33.4 Å². The highest BCUT2D eigenvalue weighted by atomic mass is 14.8. The third kappa shape index (κ3) is 4.18. The largest absolute Gasteiger partial charge is 0.309 e. The van der Waals surface area contributed by atoms with E-state index in [1.165, 1.54) is 33.4 Å². The molecule has 0 aromatic heterocycles. The highest BCUT2D eigenvalue weighted by Gasteiger charge is 2.08. The topological polar surface area (TPSA) is 12.0 Å². The lowest BCUT2D eigenvalue weighted by atomic mass is 9.93. The summed E-state index contributed by atoms with van der Waals surface area (Å²) in [6, 6.07) is 26.9.